The number of hydrogen-bond acceptors (Lipinski definition) is 8. The van der Waals surface area contributed by atoms with Crippen LogP contribution in [0, 0.1) is 5.41 Å². The number of carbonyl (C=O) groups is 1. The molecule has 0 bridgehead atoms. The molecular formula is C29H31N5O3S. The van der Waals surface area contributed by atoms with E-state index in [2.05, 4.69) is 35.3 Å². The fourth-order valence-corrected chi connectivity index (χ4v) is 5.41. The highest BCUT2D eigenvalue weighted by Crippen LogP contribution is 2.44. The van der Waals surface area contributed by atoms with Gasteiger partial charge in [-0.3, -0.25) is 9.20 Å². The molecule has 0 radical (unpaired) electrons. The first-order valence-corrected chi connectivity index (χ1v) is 13.7. The van der Waals surface area contributed by atoms with Crippen molar-refractivity contribution in [3.63, 3.8) is 0 Å². The van der Waals surface area contributed by atoms with E-state index in [4.69, 9.17) is 20.0 Å². The number of Topliss-reactive ketones (excluding diaryl/α,β-unsaturated/α-hetero) is 1. The molecule has 1 aromatic carbocycles. The van der Waals surface area contributed by atoms with Crippen molar-refractivity contribution in [1.82, 2.24) is 19.5 Å². The fourth-order valence-electron chi connectivity index (χ4n) is 4.43. The Labute approximate surface area is 224 Å². The van der Waals surface area contributed by atoms with E-state index in [1.54, 1.807) is 0 Å². The molecule has 0 atom stereocenters. The zero-order valence-electron chi connectivity index (χ0n) is 21.9. The van der Waals surface area contributed by atoms with Gasteiger partial charge in [0.15, 0.2) is 4.96 Å². The van der Waals surface area contributed by atoms with E-state index in [1.807, 2.05) is 48.7 Å². The van der Waals surface area contributed by atoms with Crippen LogP contribution in [0.3, 0.4) is 0 Å². The second-order valence-electron chi connectivity index (χ2n) is 11.4. The molecule has 0 amide bonds. The summed E-state index contributed by atoms with van der Waals surface area (Å²) >= 11 is 1.54. The lowest BCUT2D eigenvalue weighted by molar-refractivity contribution is -0.117. The molecule has 4 aromatic heterocycles. The van der Waals surface area contributed by atoms with Crippen LogP contribution in [0.25, 0.3) is 26.6 Å². The Bertz CT molecular complexity index is 1620. The van der Waals surface area contributed by atoms with E-state index in [0.29, 0.717) is 31.1 Å². The summed E-state index contributed by atoms with van der Waals surface area (Å²) in [5, 5.41) is 4.06. The lowest BCUT2D eigenvalue weighted by Gasteiger charge is -2.12. The molecule has 2 N–H and O–H groups in total. The van der Waals surface area contributed by atoms with Crippen LogP contribution in [-0.2, 0) is 23.1 Å². The third kappa shape index (κ3) is 4.96. The SMILES string of the molecule is CC(C)(C)c1cc(CC(=O)Cc2ccc(-c3cn4c(n3)sc3nc(OCC5(CN)CC5)ccc34)cc2)no1. The highest BCUT2D eigenvalue weighted by molar-refractivity contribution is 7.23. The number of imidazole rings is 1. The molecule has 8 nitrogen and oxygen atoms in total. The predicted molar refractivity (Wildman–Crippen MR) is 148 cm³/mol. The van der Waals surface area contributed by atoms with Crippen molar-refractivity contribution in [3.05, 3.63) is 65.7 Å². The van der Waals surface area contributed by atoms with Crippen LogP contribution in [-0.4, -0.2) is 38.5 Å². The number of thiazole rings is 1. The summed E-state index contributed by atoms with van der Waals surface area (Å²) in [5.74, 6) is 1.52. The molecule has 38 heavy (non-hydrogen) atoms. The van der Waals surface area contributed by atoms with Crippen molar-refractivity contribution < 1.29 is 14.1 Å². The molecule has 6 rings (SSSR count). The van der Waals surface area contributed by atoms with Gasteiger partial charge < -0.3 is 15.0 Å². The summed E-state index contributed by atoms with van der Waals surface area (Å²) in [5.41, 5.74) is 10.4. The Morgan fingerprint density at radius 3 is 2.61 bits per heavy atom. The first kappa shape index (κ1) is 24.8. The van der Waals surface area contributed by atoms with Crippen molar-refractivity contribution in [2.24, 2.45) is 11.1 Å². The first-order valence-electron chi connectivity index (χ1n) is 12.9. The minimum atomic E-state index is -0.129. The number of nitrogens with zero attached hydrogens (tertiary/aromatic N) is 4. The van der Waals surface area contributed by atoms with Crippen molar-refractivity contribution in [1.29, 1.82) is 0 Å². The smallest absolute Gasteiger partial charge is 0.214 e. The van der Waals surface area contributed by atoms with Crippen LogP contribution < -0.4 is 10.5 Å². The van der Waals surface area contributed by atoms with Crippen molar-refractivity contribution in [2.75, 3.05) is 13.2 Å². The number of rotatable bonds is 9. The third-order valence-electron chi connectivity index (χ3n) is 7.18. The van der Waals surface area contributed by atoms with Crippen molar-refractivity contribution >= 4 is 32.4 Å². The number of ether oxygens (including phenoxy) is 1. The number of carbonyl (C=O) groups excluding carboxylic acids is 1. The number of ketones is 1. The van der Waals surface area contributed by atoms with Gasteiger partial charge in [-0.2, -0.15) is 0 Å². The number of pyridine rings is 1. The molecule has 1 fully saturated rings. The summed E-state index contributed by atoms with van der Waals surface area (Å²) in [7, 11) is 0. The van der Waals surface area contributed by atoms with Gasteiger partial charge in [0, 0.05) is 47.7 Å². The van der Waals surface area contributed by atoms with E-state index >= 15 is 0 Å². The van der Waals surface area contributed by atoms with Gasteiger partial charge in [0.05, 0.1) is 29.9 Å². The second-order valence-corrected chi connectivity index (χ2v) is 12.3. The molecule has 1 aliphatic rings. The highest BCUT2D eigenvalue weighted by atomic mass is 32.1. The number of fused-ring (bicyclic) bond motifs is 3. The third-order valence-corrected chi connectivity index (χ3v) is 8.14. The maximum atomic E-state index is 12.6. The molecule has 0 saturated heterocycles. The molecule has 0 unspecified atom stereocenters. The van der Waals surface area contributed by atoms with Gasteiger partial charge in [-0.15, -0.1) is 0 Å². The average molecular weight is 530 g/mol. The Morgan fingerprint density at radius 2 is 1.92 bits per heavy atom. The summed E-state index contributed by atoms with van der Waals surface area (Å²) in [6.45, 7) is 7.45. The second kappa shape index (κ2) is 9.32. The average Bonchev–Trinajstić information content (AvgIpc) is 3.16. The summed E-state index contributed by atoms with van der Waals surface area (Å²) in [6, 6.07) is 13.8. The minimum Gasteiger partial charge on any atom is -0.477 e. The van der Waals surface area contributed by atoms with Crippen LogP contribution in [0.4, 0.5) is 0 Å². The van der Waals surface area contributed by atoms with Gasteiger partial charge in [0.1, 0.15) is 16.4 Å². The van der Waals surface area contributed by atoms with Crippen LogP contribution in [0.2, 0.25) is 0 Å². The Balaban J connectivity index is 1.12. The van der Waals surface area contributed by atoms with Crippen LogP contribution in [0.5, 0.6) is 5.88 Å². The lowest BCUT2D eigenvalue weighted by Crippen LogP contribution is -2.23. The number of hydrogen-bond donors (Lipinski definition) is 1. The van der Waals surface area contributed by atoms with Crippen LogP contribution in [0.15, 0.2) is 53.2 Å². The van der Waals surface area contributed by atoms with E-state index in [-0.39, 0.29) is 23.0 Å². The van der Waals surface area contributed by atoms with Crippen molar-refractivity contribution in [2.45, 2.75) is 51.9 Å². The molecule has 5 aromatic rings. The van der Waals surface area contributed by atoms with E-state index < -0.39 is 0 Å². The van der Waals surface area contributed by atoms with Gasteiger partial charge in [-0.1, -0.05) is 61.5 Å². The molecule has 0 aliphatic heterocycles. The fraction of sp³-hybridized carbons (Fsp3) is 0.379. The summed E-state index contributed by atoms with van der Waals surface area (Å²) in [6.07, 6.45) is 4.89. The zero-order valence-corrected chi connectivity index (χ0v) is 22.7. The molecule has 0 spiro atoms. The van der Waals surface area contributed by atoms with Crippen LogP contribution >= 0.6 is 11.3 Å². The Morgan fingerprint density at radius 1 is 1.13 bits per heavy atom. The van der Waals surface area contributed by atoms with Crippen LogP contribution in [0.1, 0.15) is 50.6 Å². The Kier molecular flexibility index (Phi) is 6.07. The topological polar surface area (TPSA) is 109 Å². The minimum absolute atomic E-state index is 0.103. The predicted octanol–water partition coefficient (Wildman–Crippen LogP) is 5.37. The highest BCUT2D eigenvalue weighted by Gasteiger charge is 2.42. The van der Waals surface area contributed by atoms with E-state index in [9.17, 15) is 4.79 Å². The maximum absolute atomic E-state index is 12.6. The summed E-state index contributed by atoms with van der Waals surface area (Å²) < 4.78 is 13.4. The van der Waals surface area contributed by atoms with E-state index in [0.717, 1.165) is 50.7 Å². The molecule has 1 saturated carbocycles. The largest absolute Gasteiger partial charge is 0.477 e. The molecule has 4 heterocycles. The maximum Gasteiger partial charge on any atom is 0.214 e. The van der Waals surface area contributed by atoms with E-state index in [1.165, 1.54) is 11.3 Å². The van der Waals surface area contributed by atoms with Gasteiger partial charge >= 0.3 is 0 Å². The molecule has 1 aliphatic carbocycles. The monoisotopic (exact) mass is 529 g/mol. The zero-order chi connectivity index (χ0) is 26.5. The van der Waals surface area contributed by atoms with Gasteiger partial charge in [0.2, 0.25) is 5.88 Å². The summed E-state index contributed by atoms with van der Waals surface area (Å²) in [4.78, 5) is 23.9. The number of nitrogens with two attached hydrogens (primary N) is 1. The first-order chi connectivity index (χ1) is 18.2. The normalized spacial score (nSPS) is 14.8. The number of benzene rings is 1. The lowest BCUT2D eigenvalue weighted by atomic mass is 9.93. The quantitative estimate of drug-likeness (QED) is 0.273. The van der Waals surface area contributed by atoms with Gasteiger partial charge in [-0.05, 0) is 24.5 Å². The number of aromatic nitrogens is 4. The van der Waals surface area contributed by atoms with Crippen molar-refractivity contribution in [3.8, 4) is 17.1 Å². The molecule has 9 heteroatoms. The van der Waals surface area contributed by atoms with Gasteiger partial charge in [-0.25, -0.2) is 9.97 Å². The molecular weight excluding hydrogens is 498 g/mol. The Hall–Kier alpha value is -3.56. The standard InChI is InChI=1S/C29H31N5O3S/c1-28(2,3)24-14-20(33-37-24)13-21(35)12-18-4-6-19(7-5-18)22-15-34-23-8-9-25(32-26(23)38-27(34)31-22)36-17-29(16-30)10-11-29/h4-9,14-15H,10-13,16-17,30H2,1-3H3. The van der Waals surface area contributed by atoms with Gasteiger partial charge in [0.25, 0.3) is 0 Å². The molecule has 196 valence electrons.